The third kappa shape index (κ3) is 8.30. The maximum Gasteiger partial charge on any atom is 0.269 e. The zero-order valence-corrected chi connectivity index (χ0v) is 20.0. The van der Waals surface area contributed by atoms with E-state index in [4.69, 9.17) is 0 Å². The molecular formula is C25H33N3O5S. The molecule has 3 rings (SSSR count). The van der Waals surface area contributed by atoms with E-state index < -0.39 is 27.9 Å². The molecule has 1 unspecified atom stereocenters. The number of amides is 1. The first kappa shape index (κ1) is 26.0. The van der Waals surface area contributed by atoms with Crippen molar-refractivity contribution in [3.8, 4) is 0 Å². The summed E-state index contributed by atoms with van der Waals surface area (Å²) in [5.74, 6) is -0.457. The van der Waals surface area contributed by atoms with E-state index in [1.807, 2.05) is 30.3 Å². The van der Waals surface area contributed by atoms with E-state index in [1.165, 1.54) is 37.1 Å². The zero-order valence-electron chi connectivity index (χ0n) is 19.2. The lowest BCUT2D eigenvalue weighted by Gasteiger charge is -2.24. The molecule has 8 nitrogen and oxygen atoms in total. The van der Waals surface area contributed by atoms with Crippen molar-refractivity contribution in [2.75, 3.05) is 6.54 Å². The number of nitrogens with one attached hydrogen (secondary N) is 2. The average molecular weight is 488 g/mol. The van der Waals surface area contributed by atoms with Crippen LogP contribution in [0.4, 0.5) is 5.69 Å². The zero-order chi connectivity index (χ0) is 24.3. The third-order valence-corrected chi connectivity index (χ3v) is 7.29. The van der Waals surface area contributed by atoms with E-state index in [0.717, 1.165) is 31.2 Å². The smallest absolute Gasteiger partial charge is 0.269 e. The fourth-order valence-electron chi connectivity index (χ4n) is 4.28. The fraction of sp³-hybridized carbons (Fsp3) is 0.480. The summed E-state index contributed by atoms with van der Waals surface area (Å²) in [5.41, 5.74) is 0.947. The summed E-state index contributed by atoms with van der Waals surface area (Å²) >= 11 is 0. The van der Waals surface area contributed by atoms with Crippen molar-refractivity contribution in [2.45, 2.75) is 68.4 Å². The number of nitro groups is 1. The number of non-ortho nitro benzene ring substituents is 1. The highest BCUT2D eigenvalue weighted by atomic mass is 32.2. The second-order valence-corrected chi connectivity index (χ2v) is 10.1. The second-order valence-electron chi connectivity index (χ2n) is 8.84. The lowest BCUT2D eigenvalue weighted by molar-refractivity contribution is -0.384. The van der Waals surface area contributed by atoms with Crippen LogP contribution in [0.3, 0.4) is 0 Å². The third-order valence-electron chi connectivity index (χ3n) is 6.17. The molecule has 1 saturated carbocycles. The van der Waals surface area contributed by atoms with Crippen molar-refractivity contribution in [2.24, 2.45) is 5.92 Å². The standard InChI is InChI=1S/C25H33N3O5S/c29-23(18-26-34(33)24-14-12-22(13-15-24)28(31)32)17-20(16-19-8-4-3-5-9-19)25(30)27-21-10-6-1-2-7-11-21/h3-5,8-9,12-15,20-21,23,26,29H,1-2,6-7,10-11,16-18H2,(H,27,30)/t20-,23+,34?/m1/s1. The van der Waals surface area contributed by atoms with Gasteiger partial charge in [0, 0.05) is 30.6 Å². The van der Waals surface area contributed by atoms with Crippen LogP contribution in [0, 0.1) is 16.0 Å². The average Bonchev–Trinajstić information content (AvgIpc) is 3.11. The van der Waals surface area contributed by atoms with Gasteiger partial charge < -0.3 is 10.4 Å². The van der Waals surface area contributed by atoms with Gasteiger partial charge in [-0.25, -0.2) is 8.93 Å². The first-order valence-electron chi connectivity index (χ1n) is 11.8. The highest BCUT2D eigenvalue weighted by Gasteiger charge is 2.25. The molecule has 2 aromatic rings. The number of aliphatic hydroxyl groups excluding tert-OH is 1. The molecule has 0 radical (unpaired) electrons. The van der Waals surface area contributed by atoms with Crippen LogP contribution in [-0.2, 0) is 22.2 Å². The van der Waals surface area contributed by atoms with Gasteiger partial charge in [-0.1, -0.05) is 56.0 Å². The Morgan fingerprint density at radius 1 is 1.06 bits per heavy atom. The van der Waals surface area contributed by atoms with Crippen LogP contribution in [0.1, 0.15) is 50.5 Å². The Kier molecular flexibility index (Phi) is 10.2. The maximum atomic E-state index is 13.2. The molecule has 2 aromatic carbocycles. The normalized spacial score (nSPS) is 17.3. The van der Waals surface area contributed by atoms with Crippen LogP contribution in [-0.4, -0.2) is 38.8 Å². The quantitative estimate of drug-likeness (QED) is 0.254. The summed E-state index contributed by atoms with van der Waals surface area (Å²) in [5, 5.41) is 24.6. The number of rotatable bonds is 11. The van der Waals surface area contributed by atoms with Crippen LogP contribution < -0.4 is 10.0 Å². The fourth-order valence-corrected chi connectivity index (χ4v) is 5.18. The van der Waals surface area contributed by atoms with Gasteiger partial charge in [-0.05, 0) is 43.4 Å². The molecule has 0 aliphatic heterocycles. The topological polar surface area (TPSA) is 122 Å². The Bertz CT molecular complexity index is 947. The Hall–Kier alpha value is -2.62. The molecule has 0 spiro atoms. The van der Waals surface area contributed by atoms with E-state index >= 15 is 0 Å². The number of benzene rings is 2. The Morgan fingerprint density at radius 2 is 1.71 bits per heavy atom. The summed E-state index contributed by atoms with van der Waals surface area (Å²) in [4.78, 5) is 23.8. The van der Waals surface area contributed by atoms with Gasteiger partial charge in [-0.15, -0.1) is 0 Å². The molecular weight excluding hydrogens is 454 g/mol. The van der Waals surface area contributed by atoms with Crippen LogP contribution in [0.25, 0.3) is 0 Å². The number of aliphatic hydroxyl groups is 1. The van der Waals surface area contributed by atoms with Crippen LogP contribution in [0.5, 0.6) is 0 Å². The van der Waals surface area contributed by atoms with Gasteiger partial charge in [0.2, 0.25) is 5.91 Å². The molecule has 3 atom stereocenters. The van der Waals surface area contributed by atoms with Crippen LogP contribution >= 0.6 is 0 Å². The maximum absolute atomic E-state index is 13.2. The number of hydrogen-bond acceptors (Lipinski definition) is 5. The van der Waals surface area contributed by atoms with Gasteiger partial charge in [0.25, 0.3) is 5.69 Å². The van der Waals surface area contributed by atoms with Crippen molar-refractivity contribution >= 4 is 22.6 Å². The van der Waals surface area contributed by atoms with Crippen molar-refractivity contribution in [3.05, 3.63) is 70.3 Å². The molecule has 1 amide bonds. The molecule has 0 saturated heterocycles. The SMILES string of the molecule is O=C(NC1CCCCCC1)[C@H](Cc1ccccc1)C[C@H](O)CNS(=O)c1ccc([N+](=O)[O-])cc1. The highest BCUT2D eigenvalue weighted by Crippen LogP contribution is 2.20. The predicted molar refractivity (Wildman–Crippen MR) is 131 cm³/mol. The summed E-state index contributed by atoms with van der Waals surface area (Å²) in [7, 11) is -1.63. The van der Waals surface area contributed by atoms with Crippen molar-refractivity contribution in [1.82, 2.24) is 10.0 Å². The van der Waals surface area contributed by atoms with Crippen molar-refractivity contribution in [3.63, 3.8) is 0 Å². The Labute approximate surface area is 202 Å². The molecule has 0 aromatic heterocycles. The predicted octanol–water partition coefficient (Wildman–Crippen LogP) is 3.66. The lowest BCUT2D eigenvalue weighted by Crippen LogP contribution is -2.41. The van der Waals surface area contributed by atoms with E-state index in [0.29, 0.717) is 11.3 Å². The number of carbonyl (C=O) groups is 1. The van der Waals surface area contributed by atoms with Gasteiger partial charge in [0.1, 0.15) is 11.0 Å². The summed E-state index contributed by atoms with van der Waals surface area (Å²) in [6.45, 7) is 0.0333. The van der Waals surface area contributed by atoms with E-state index in [1.54, 1.807) is 0 Å². The molecule has 184 valence electrons. The summed E-state index contributed by atoms with van der Waals surface area (Å²) < 4.78 is 15.2. The largest absolute Gasteiger partial charge is 0.392 e. The molecule has 1 fully saturated rings. The van der Waals surface area contributed by atoms with Crippen molar-refractivity contribution in [1.29, 1.82) is 0 Å². The van der Waals surface area contributed by atoms with Crippen LogP contribution in [0.15, 0.2) is 59.5 Å². The molecule has 1 aliphatic rings. The first-order valence-corrected chi connectivity index (χ1v) is 13.0. The first-order chi connectivity index (χ1) is 16.4. The summed E-state index contributed by atoms with van der Waals surface area (Å²) in [6.07, 6.45) is 6.50. The van der Waals surface area contributed by atoms with Gasteiger partial charge in [-0.3, -0.25) is 14.9 Å². The van der Waals surface area contributed by atoms with E-state index in [2.05, 4.69) is 10.0 Å². The van der Waals surface area contributed by atoms with Gasteiger partial charge >= 0.3 is 0 Å². The summed E-state index contributed by atoms with van der Waals surface area (Å²) in [6, 6.07) is 15.3. The van der Waals surface area contributed by atoms with E-state index in [-0.39, 0.29) is 30.6 Å². The Morgan fingerprint density at radius 3 is 2.32 bits per heavy atom. The highest BCUT2D eigenvalue weighted by molar-refractivity contribution is 7.83. The molecule has 3 N–H and O–H groups in total. The number of nitrogens with zero attached hydrogens (tertiary/aromatic N) is 1. The molecule has 9 heteroatoms. The molecule has 34 heavy (non-hydrogen) atoms. The molecule has 0 heterocycles. The van der Waals surface area contributed by atoms with Gasteiger partial charge in [-0.2, -0.15) is 0 Å². The molecule has 0 bridgehead atoms. The van der Waals surface area contributed by atoms with Crippen LogP contribution in [0.2, 0.25) is 0 Å². The van der Waals surface area contributed by atoms with Gasteiger partial charge in [0.05, 0.1) is 15.9 Å². The lowest BCUT2D eigenvalue weighted by atomic mass is 9.92. The monoisotopic (exact) mass is 487 g/mol. The molecule has 1 aliphatic carbocycles. The number of hydrogen-bond donors (Lipinski definition) is 3. The minimum absolute atomic E-state index is 0.0333. The van der Waals surface area contributed by atoms with E-state index in [9.17, 15) is 24.2 Å². The number of carbonyl (C=O) groups excluding carboxylic acids is 1. The van der Waals surface area contributed by atoms with Crippen molar-refractivity contribution < 1.29 is 19.0 Å². The minimum atomic E-state index is -1.63. The second kappa shape index (κ2) is 13.3. The number of nitro benzene ring substituents is 1. The minimum Gasteiger partial charge on any atom is -0.392 e. The van der Waals surface area contributed by atoms with Gasteiger partial charge in [0.15, 0.2) is 0 Å². The Balaban J connectivity index is 1.58.